The maximum Gasteiger partial charge on any atom is 0.275 e. The van der Waals surface area contributed by atoms with Gasteiger partial charge in [0.1, 0.15) is 5.15 Å². The largest absolute Gasteiger partial charge is 0.275 e. The van der Waals surface area contributed by atoms with E-state index in [1.807, 2.05) is 24.3 Å². The van der Waals surface area contributed by atoms with Crippen molar-refractivity contribution in [2.24, 2.45) is 0 Å². The minimum absolute atomic E-state index is 0.127. The molecule has 0 spiro atoms. The normalized spacial score (nSPS) is 15.7. The van der Waals surface area contributed by atoms with Crippen molar-refractivity contribution >= 4 is 28.4 Å². The standard InChI is InChI=1S/C15H15ClN2O2/c16-14-9-12(11-7-3-4-8-13(11)17-14)15(19)18-20-10-5-1-2-6-10/h3-4,7-10H,1-2,5-6H2,(H,18,19). The number of fused-ring (bicyclic) bond motifs is 1. The molecule has 1 amide bonds. The zero-order valence-corrected chi connectivity index (χ0v) is 11.7. The molecule has 1 fully saturated rings. The second-order valence-corrected chi connectivity index (χ2v) is 5.35. The number of nitrogens with zero attached hydrogens (tertiary/aromatic N) is 1. The Balaban J connectivity index is 1.83. The summed E-state index contributed by atoms with van der Waals surface area (Å²) in [6, 6.07) is 8.98. The van der Waals surface area contributed by atoms with Crippen LogP contribution in [0, 0.1) is 0 Å². The van der Waals surface area contributed by atoms with Crippen molar-refractivity contribution in [1.82, 2.24) is 10.5 Å². The molecule has 1 heterocycles. The van der Waals surface area contributed by atoms with Crippen LogP contribution in [0.4, 0.5) is 0 Å². The summed E-state index contributed by atoms with van der Waals surface area (Å²) in [4.78, 5) is 21.9. The highest BCUT2D eigenvalue weighted by molar-refractivity contribution is 6.30. The van der Waals surface area contributed by atoms with Gasteiger partial charge in [0, 0.05) is 5.39 Å². The first-order valence-electron chi connectivity index (χ1n) is 6.75. The van der Waals surface area contributed by atoms with Gasteiger partial charge in [-0.1, -0.05) is 42.6 Å². The highest BCUT2D eigenvalue weighted by Gasteiger charge is 2.18. The highest BCUT2D eigenvalue weighted by Crippen LogP contribution is 2.22. The molecule has 0 bridgehead atoms. The molecule has 1 aliphatic rings. The summed E-state index contributed by atoms with van der Waals surface area (Å²) < 4.78 is 0. The second kappa shape index (κ2) is 5.77. The number of halogens is 1. The SMILES string of the molecule is O=C(NOC1CCCC1)c1cc(Cl)nc2ccccc12. The van der Waals surface area contributed by atoms with Crippen LogP contribution in [0.15, 0.2) is 30.3 Å². The summed E-state index contributed by atoms with van der Waals surface area (Å²) in [5.74, 6) is -0.280. The number of carbonyl (C=O) groups is 1. The van der Waals surface area contributed by atoms with E-state index in [1.54, 1.807) is 6.07 Å². The Kier molecular flexibility index (Phi) is 3.85. The van der Waals surface area contributed by atoms with E-state index in [-0.39, 0.29) is 12.0 Å². The van der Waals surface area contributed by atoms with Crippen LogP contribution < -0.4 is 5.48 Å². The molecule has 20 heavy (non-hydrogen) atoms. The van der Waals surface area contributed by atoms with Gasteiger partial charge in [-0.25, -0.2) is 10.5 Å². The number of para-hydroxylation sites is 1. The van der Waals surface area contributed by atoms with Crippen LogP contribution in [0.25, 0.3) is 10.9 Å². The average molecular weight is 291 g/mol. The van der Waals surface area contributed by atoms with E-state index < -0.39 is 0 Å². The summed E-state index contributed by atoms with van der Waals surface area (Å²) in [7, 11) is 0. The molecule has 5 heteroatoms. The summed E-state index contributed by atoms with van der Waals surface area (Å²) in [6.07, 6.45) is 4.44. The van der Waals surface area contributed by atoms with Crippen LogP contribution in [0.5, 0.6) is 0 Å². The van der Waals surface area contributed by atoms with Crippen LogP contribution in [0.1, 0.15) is 36.0 Å². The number of benzene rings is 1. The molecule has 104 valence electrons. The van der Waals surface area contributed by atoms with Gasteiger partial charge in [0.25, 0.3) is 5.91 Å². The lowest BCUT2D eigenvalue weighted by atomic mass is 10.1. The van der Waals surface area contributed by atoms with E-state index >= 15 is 0 Å². The number of aromatic nitrogens is 1. The van der Waals surface area contributed by atoms with Crippen LogP contribution in [0.3, 0.4) is 0 Å². The zero-order chi connectivity index (χ0) is 13.9. The molecule has 0 atom stereocenters. The second-order valence-electron chi connectivity index (χ2n) is 4.97. The molecule has 1 N–H and O–H groups in total. The first kappa shape index (κ1) is 13.3. The van der Waals surface area contributed by atoms with E-state index in [1.165, 1.54) is 0 Å². The van der Waals surface area contributed by atoms with E-state index in [4.69, 9.17) is 16.4 Å². The van der Waals surface area contributed by atoms with Crippen molar-refractivity contribution in [2.45, 2.75) is 31.8 Å². The number of rotatable bonds is 3. The third-order valence-electron chi connectivity index (χ3n) is 3.55. The number of nitrogens with one attached hydrogen (secondary N) is 1. The topological polar surface area (TPSA) is 51.2 Å². The Labute approximate surface area is 122 Å². The summed E-state index contributed by atoms with van der Waals surface area (Å²) in [5.41, 5.74) is 3.72. The molecule has 3 rings (SSSR count). The lowest BCUT2D eigenvalue weighted by Gasteiger charge is -2.12. The Morgan fingerprint density at radius 3 is 2.85 bits per heavy atom. The minimum atomic E-state index is -0.280. The van der Waals surface area contributed by atoms with E-state index in [0.29, 0.717) is 16.2 Å². The molecule has 1 saturated carbocycles. The lowest BCUT2D eigenvalue weighted by Crippen LogP contribution is -2.28. The van der Waals surface area contributed by atoms with Gasteiger partial charge in [-0.2, -0.15) is 0 Å². The van der Waals surface area contributed by atoms with Crippen LogP contribution in [-0.4, -0.2) is 17.0 Å². The van der Waals surface area contributed by atoms with Crippen LogP contribution in [0.2, 0.25) is 5.15 Å². The van der Waals surface area contributed by atoms with Gasteiger partial charge in [-0.3, -0.25) is 9.63 Å². The molecular formula is C15H15ClN2O2. The molecule has 1 aromatic heterocycles. The summed E-state index contributed by atoms with van der Waals surface area (Å²) >= 11 is 5.96. The van der Waals surface area contributed by atoms with Crippen molar-refractivity contribution in [3.63, 3.8) is 0 Å². The quantitative estimate of drug-likeness (QED) is 0.695. The molecule has 2 aromatic rings. The summed E-state index contributed by atoms with van der Waals surface area (Å²) in [6.45, 7) is 0. The Bertz CT molecular complexity index is 639. The summed E-state index contributed by atoms with van der Waals surface area (Å²) in [5, 5.41) is 1.07. The van der Waals surface area contributed by atoms with Crippen LogP contribution in [-0.2, 0) is 4.84 Å². The monoisotopic (exact) mass is 290 g/mol. The fraction of sp³-hybridized carbons (Fsp3) is 0.333. The van der Waals surface area contributed by atoms with Gasteiger partial charge in [0.15, 0.2) is 0 Å². The molecule has 0 radical (unpaired) electrons. The molecule has 0 unspecified atom stereocenters. The fourth-order valence-corrected chi connectivity index (χ4v) is 2.73. The predicted octanol–water partition coefficient (Wildman–Crippen LogP) is 3.49. The van der Waals surface area contributed by atoms with E-state index in [9.17, 15) is 4.79 Å². The third-order valence-corrected chi connectivity index (χ3v) is 3.74. The number of amides is 1. The van der Waals surface area contributed by atoms with Gasteiger partial charge in [0.05, 0.1) is 17.2 Å². The third kappa shape index (κ3) is 2.76. The van der Waals surface area contributed by atoms with E-state index in [2.05, 4.69) is 10.5 Å². The van der Waals surface area contributed by atoms with Crippen molar-refractivity contribution in [3.05, 3.63) is 41.0 Å². The van der Waals surface area contributed by atoms with E-state index in [0.717, 1.165) is 31.1 Å². The average Bonchev–Trinajstić information content (AvgIpc) is 2.97. The minimum Gasteiger partial charge on any atom is -0.270 e. The van der Waals surface area contributed by atoms with Gasteiger partial charge in [-0.15, -0.1) is 0 Å². The Hall–Kier alpha value is -1.65. The lowest BCUT2D eigenvalue weighted by molar-refractivity contribution is -0.0123. The first-order chi connectivity index (χ1) is 9.74. The molecule has 1 aliphatic carbocycles. The molecule has 0 saturated heterocycles. The van der Waals surface area contributed by atoms with Gasteiger partial charge in [0.2, 0.25) is 0 Å². The smallest absolute Gasteiger partial charge is 0.270 e. The number of pyridine rings is 1. The predicted molar refractivity (Wildman–Crippen MR) is 77.6 cm³/mol. The fourth-order valence-electron chi connectivity index (χ4n) is 2.53. The highest BCUT2D eigenvalue weighted by atomic mass is 35.5. The van der Waals surface area contributed by atoms with Gasteiger partial charge < -0.3 is 0 Å². The van der Waals surface area contributed by atoms with Gasteiger partial charge >= 0.3 is 0 Å². The molecular weight excluding hydrogens is 276 g/mol. The van der Waals surface area contributed by atoms with Crippen molar-refractivity contribution in [1.29, 1.82) is 0 Å². The zero-order valence-electron chi connectivity index (χ0n) is 10.9. The number of hydrogen-bond acceptors (Lipinski definition) is 3. The van der Waals surface area contributed by atoms with Crippen LogP contribution >= 0.6 is 11.6 Å². The Morgan fingerprint density at radius 2 is 2.05 bits per heavy atom. The van der Waals surface area contributed by atoms with Crippen molar-refractivity contribution < 1.29 is 9.63 Å². The number of hydrogen-bond donors (Lipinski definition) is 1. The van der Waals surface area contributed by atoms with Gasteiger partial charge in [-0.05, 0) is 25.0 Å². The van der Waals surface area contributed by atoms with Crippen molar-refractivity contribution in [3.8, 4) is 0 Å². The maximum atomic E-state index is 12.2. The molecule has 1 aromatic carbocycles. The van der Waals surface area contributed by atoms with Crippen molar-refractivity contribution in [2.75, 3.05) is 0 Å². The molecule has 4 nitrogen and oxygen atoms in total. The number of carbonyl (C=O) groups excluding carboxylic acids is 1. The first-order valence-corrected chi connectivity index (χ1v) is 7.13. The number of hydroxylamine groups is 1. The molecule has 0 aliphatic heterocycles. The maximum absolute atomic E-state index is 12.2. The Morgan fingerprint density at radius 1 is 1.30 bits per heavy atom.